The number of nitrogens with zero attached hydrogens (tertiary/aromatic N) is 3. The Hall–Kier alpha value is -1.94. The minimum atomic E-state index is 0.603. The van der Waals surface area contributed by atoms with Gasteiger partial charge in [0, 0.05) is 25.9 Å². The second-order valence-corrected chi connectivity index (χ2v) is 3.64. The van der Waals surface area contributed by atoms with Crippen LogP contribution in [0, 0.1) is 0 Å². The summed E-state index contributed by atoms with van der Waals surface area (Å²) >= 11 is 0. The summed E-state index contributed by atoms with van der Waals surface area (Å²) in [6, 6.07) is 11.9. The number of anilines is 1. The number of benzene rings is 1. The van der Waals surface area contributed by atoms with E-state index in [0.717, 1.165) is 11.3 Å². The molecule has 0 atom stereocenters. The molecule has 4 nitrogen and oxygen atoms in total. The van der Waals surface area contributed by atoms with Gasteiger partial charge in [0.25, 0.3) is 0 Å². The lowest BCUT2D eigenvalue weighted by molar-refractivity contribution is 0.489. The summed E-state index contributed by atoms with van der Waals surface area (Å²) < 4.78 is 0. The van der Waals surface area contributed by atoms with Crippen LogP contribution in [0.15, 0.2) is 42.6 Å². The van der Waals surface area contributed by atoms with Crippen LogP contribution in [0.3, 0.4) is 0 Å². The SMILES string of the molecule is CN(C)Nc1nccc(-c2ccccc2)n1. The van der Waals surface area contributed by atoms with Crippen LogP contribution in [0.5, 0.6) is 0 Å². The molecular formula is C12H14N4. The third kappa shape index (κ3) is 2.55. The maximum atomic E-state index is 4.42. The predicted octanol–water partition coefficient (Wildman–Crippen LogP) is 2.03. The van der Waals surface area contributed by atoms with Gasteiger partial charge in [-0.25, -0.2) is 15.0 Å². The predicted molar refractivity (Wildman–Crippen MR) is 64.8 cm³/mol. The van der Waals surface area contributed by atoms with Gasteiger partial charge in [-0.3, -0.25) is 5.43 Å². The van der Waals surface area contributed by atoms with Crippen LogP contribution in [0.1, 0.15) is 0 Å². The van der Waals surface area contributed by atoms with E-state index in [-0.39, 0.29) is 0 Å². The maximum absolute atomic E-state index is 4.42. The van der Waals surface area contributed by atoms with Gasteiger partial charge in [0.1, 0.15) is 0 Å². The molecule has 0 saturated carbocycles. The van der Waals surface area contributed by atoms with E-state index in [2.05, 4.69) is 15.4 Å². The first-order valence-corrected chi connectivity index (χ1v) is 5.08. The van der Waals surface area contributed by atoms with Crippen LogP contribution < -0.4 is 5.43 Å². The first-order chi connectivity index (χ1) is 7.75. The average Bonchev–Trinajstić information content (AvgIpc) is 2.30. The van der Waals surface area contributed by atoms with Crippen molar-refractivity contribution in [2.45, 2.75) is 0 Å². The average molecular weight is 214 g/mol. The van der Waals surface area contributed by atoms with Gasteiger partial charge in [-0.2, -0.15) is 0 Å². The molecule has 0 aliphatic rings. The minimum Gasteiger partial charge on any atom is -0.287 e. The molecule has 4 heteroatoms. The smallest absolute Gasteiger partial charge is 0.238 e. The third-order valence-electron chi connectivity index (χ3n) is 2.05. The Labute approximate surface area is 94.9 Å². The topological polar surface area (TPSA) is 41.0 Å². The van der Waals surface area contributed by atoms with Crippen molar-refractivity contribution in [2.75, 3.05) is 19.5 Å². The summed E-state index contributed by atoms with van der Waals surface area (Å²) in [5, 5.41) is 1.81. The Balaban J connectivity index is 2.29. The Morgan fingerprint density at radius 2 is 1.81 bits per heavy atom. The van der Waals surface area contributed by atoms with Crippen molar-refractivity contribution in [3.05, 3.63) is 42.6 Å². The molecule has 82 valence electrons. The lowest BCUT2D eigenvalue weighted by Crippen LogP contribution is -2.21. The molecule has 0 spiro atoms. The highest BCUT2D eigenvalue weighted by Gasteiger charge is 2.01. The van der Waals surface area contributed by atoms with Crippen LogP contribution in [-0.4, -0.2) is 29.1 Å². The molecule has 0 bridgehead atoms. The van der Waals surface area contributed by atoms with Crippen LogP contribution in [0.4, 0.5) is 5.95 Å². The zero-order valence-corrected chi connectivity index (χ0v) is 9.38. The quantitative estimate of drug-likeness (QED) is 0.794. The van der Waals surface area contributed by atoms with E-state index < -0.39 is 0 Å². The molecule has 0 unspecified atom stereocenters. The van der Waals surface area contributed by atoms with Crippen molar-refractivity contribution < 1.29 is 0 Å². The monoisotopic (exact) mass is 214 g/mol. The van der Waals surface area contributed by atoms with E-state index >= 15 is 0 Å². The minimum absolute atomic E-state index is 0.603. The van der Waals surface area contributed by atoms with Gasteiger partial charge >= 0.3 is 0 Å². The van der Waals surface area contributed by atoms with E-state index in [1.807, 2.05) is 55.5 Å². The van der Waals surface area contributed by atoms with Gasteiger partial charge in [0.05, 0.1) is 5.69 Å². The molecule has 0 fully saturated rings. The van der Waals surface area contributed by atoms with Gasteiger partial charge in [0.2, 0.25) is 5.95 Å². The molecule has 1 heterocycles. The van der Waals surface area contributed by atoms with E-state index in [9.17, 15) is 0 Å². The standard InChI is InChI=1S/C12H14N4/c1-16(2)15-12-13-9-8-11(14-12)10-6-4-3-5-7-10/h3-9H,1-2H3,(H,13,14,15). The fourth-order valence-electron chi connectivity index (χ4n) is 1.38. The van der Waals surface area contributed by atoms with Crippen molar-refractivity contribution in [1.29, 1.82) is 0 Å². The lowest BCUT2D eigenvalue weighted by Gasteiger charge is -2.11. The van der Waals surface area contributed by atoms with Gasteiger partial charge in [0.15, 0.2) is 0 Å². The second-order valence-electron chi connectivity index (χ2n) is 3.64. The van der Waals surface area contributed by atoms with Gasteiger partial charge in [-0.1, -0.05) is 30.3 Å². The molecule has 1 aromatic heterocycles. The molecule has 0 saturated heterocycles. The number of rotatable bonds is 3. The highest BCUT2D eigenvalue weighted by molar-refractivity contribution is 5.59. The molecule has 16 heavy (non-hydrogen) atoms. The van der Waals surface area contributed by atoms with Crippen molar-refractivity contribution in [3.8, 4) is 11.3 Å². The van der Waals surface area contributed by atoms with Gasteiger partial charge < -0.3 is 0 Å². The second kappa shape index (κ2) is 4.72. The molecule has 0 radical (unpaired) electrons. The number of nitrogens with one attached hydrogen (secondary N) is 1. The van der Waals surface area contributed by atoms with E-state index in [4.69, 9.17) is 0 Å². The Morgan fingerprint density at radius 3 is 2.50 bits per heavy atom. The van der Waals surface area contributed by atoms with Crippen LogP contribution in [-0.2, 0) is 0 Å². The first-order valence-electron chi connectivity index (χ1n) is 5.08. The highest BCUT2D eigenvalue weighted by Crippen LogP contribution is 2.16. The van der Waals surface area contributed by atoms with Gasteiger partial charge in [-0.05, 0) is 6.07 Å². The number of aromatic nitrogens is 2. The fraction of sp³-hybridized carbons (Fsp3) is 0.167. The van der Waals surface area contributed by atoms with E-state index in [1.54, 1.807) is 6.20 Å². The zero-order chi connectivity index (χ0) is 11.4. The van der Waals surface area contributed by atoms with E-state index in [1.165, 1.54) is 0 Å². The van der Waals surface area contributed by atoms with Crippen LogP contribution in [0.2, 0.25) is 0 Å². The van der Waals surface area contributed by atoms with Gasteiger partial charge in [-0.15, -0.1) is 0 Å². The Bertz CT molecular complexity index is 454. The summed E-state index contributed by atoms with van der Waals surface area (Å²) in [6.45, 7) is 0. The van der Waals surface area contributed by atoms with Crippen LogP contribution in [0.25, 0.3) is 11.3 Å². The third-order valence-corrected chi connectivity index (χ3v) is 2.05. The number of hydrogen-bond donors (Lipinski definition) is 1. The normalized spacial score (nSPS) is 10.4. The number of hydrazine groups is 1. The molecule has 0 amide bonds. The van der Waals surface area contributed by atoms with Crippen LogP contribution >= 0.6 is 0 Å². The van der Waals surface area contributed by atoms with Crippen molar-refractivity contribution >= 4 is 5.95 Å². The lowest BCUT2D eigenvalue weighted by atomic mass is 10.1. The molecule has 2 rings (SSSR count). The summed E-state index contributed by atoms with van der Waals surface area (Å²) in [6.07, 6.45) is 1.75. The molecule has 2 aromatic rings. The summed E-state index contributed by atoms with van der Waals surface area (Å²) in [7, 11) is 3.80. The van der Waals surface area contributed by atoms with Crippen molar-refractivity contribution in [2.24, 2.45) is 0 Å². The largest absolute Gasteiger partial charge is 0.287 e. The molecule has 1 aromatic carbocycles. The Kier molecular flexibility index (Phi) is 3.12. The molecule has 0 aliphatic carbocycles. The summed E-state index contributed by atoms with van der Waals surface area (Å²) in [4.78, 5) is 8.56. The molecule has 0 aliphatic heterocycles. The van der Waals surface area contributed by atoms with Crippen molar-refractivity contribution in [3.63, 3.8) is 0 Å². The number of hydrogen-bond acceptors (Lipinski definition) is 4. The molecule has 1 N–H and O–H groups in total. The summed E-state index contributed by atoms with van der Waals surface area (Å²) in [5.41, 5.74) is 5.03. The first kappa shape index (κ1) is 10.6. The fourth-order valence-corrected chi connectivity index (χ4v) is 1.38. The highest BCUT2D eigenvalue weighted by atomic mass is 15.5. The van der Waals surface area contributed by atoms with E-state index in [0.29, 0.717) is 5.95 Å². The summed E-state index contributed by atoms with van der Waals surface area (Å²) in [5.74, 6) is 0.603. The molecular weight excluding hydrogens is 200 g/mol. The Morgan fingerprint density at radius 1 is 1.06 bits per heavy atom. The zero-order valence-electron chi connectivity index (χ0n) is 9.38. The maximum Gasteiger partial charge on any atom is 0.238 e. The van der Waals surface area contributed by atoms with Crippen molar-refractivity contribution in [1.82, 2.24) is 15.0 Å².